The first-order valence-electron chi connectivity index (χ1n) is 9.38. The molecule has 1 atom stereocenters. The van der Waals surface area contributed by atoms with E-state index in [1.807, 2.05) is 18.3 Å². The molecule has 2 aromatic carbocycles. The quantitative estimate of drug-likeness (QED) is 0.556. The first-order chi connectivity index (χ1) is 12.7. The summed E-state index contributed by atoms with van der Waals surface area (Å²) in [6.07, 6.45) is 9.21. The van der Waals surface area contributed by atoms with E-state index in [0.717, 1.165) is 44.3 Å². The number of aliphatic hydroxyl groups is 1. The maximum Gasteiger partial charge on any atom is 0.119 e. The first kappa shape index (κ1) is 18.4. The Hall–Kier alpha value is -2.39. The molecule has 1 unspecified atom stereocenters. The predicted molar refractivity (Wildman–Crippen MR) is 107 cm³/mol. The van der Waals surface area contributed by atoms with Gasteiger partial charge in [-0.05, 0) is 72.2 Å². The normalized spacial score (nSPS) is 12.2. The van der Waals surface area contributed by atoms with Crippen molar-refractivity contribution in [1.82, 2.24) is 4.98 Å². The molecule has 136 valence electrons. The van der Waals surface area contributed by atoms with Crippen molar-refractivity contribution in [1.29, 1.82) is 0 Å². The number of aliphatic hydroxyl groups excluding tert-OH is 1. The van der Waals surface area contributed by atoms with Gasteiger partial charge in [0.2, 0.25) is 0 Å². The summed E-state index contributed by atoms with van der Waals surface area (Å²) in [5, 5.41) is 12.6. The van der Waals surface area contributed by atoms with Gasteiger partial charge in [0, 0.05) is 12.4 Å². The minimum Gasteiger partial charge on any atom is -0.497 e. The smallest absolute Gasteiger partial charge is 0.119 e. The van der Waals surface area contributed by atoms with E-state index >= 15 is 0 Å². The van der Waals surface area contributed by atoms with E-state index in [9.17, 15) is 5.11 Å². The number of ether oxygens (including phenoxy) is 1. The van der Waals surface area contributed by atoms with Crippen molar-refractivity contribution < 1.29 is 9.84 Å². The summed E-state index contributed by atoms with van der Waals surface area (Å²) in [7, 11) is 1.70. The average Bonchev–Trinajstić information content (AvgIpc) is 2.70. The lowest BCUT2D eigenvalue weighted by Crippen LogP contribution is -2.08. The maximum absolute atomic E-state index is 10.2. The van der Waals surface area contributed by atoms with Crippen LogP contribution >= 0.6 is 0 Å². The summed E-state index contributed by atoms with van der Waals surface area (Å²) in [5.41, 5.74) is 2.55. The number of fused-ring (bicyclic) bond motifs is 1. The van der Waals surface area contributed by atoms with Crippen LogP contribution in [0.5, 0.6) is 5.75 Å². The SMILES string of the molecule is COc1ccc2cc(CCCCC(O)CCc3cccnc3)ccc2c1. The van der Waals surface area contributed by atoms with Gasteiger partial charge < -0.3 is 9.84 Å². The number of hydrogen-bond acceptors (Lipinski definition) is 3. The summed E-state index contributed by atoms with van der Waals surface area (Å²) in [5.74, 6) is 0.894. The van der Waals surface area contributed by atoms with Gasteiger partial charge >= 0.3 is 0 Å². The van der Waals surface area contributed by atoms with Crippen molar-refractivity contribution in [2.24, 2.45) is 0 Å². The molecule has 0 aliphatic carbocycles. The Kier molecular flexibility index (Phi) is 6.62. The number of hydrogen-bond donors (Lipinski definition) is 1. The number of aryl methyl sites for hydroxylation is 2. The van der Waals surface area contributed by atoms with Gasteiger partial charge in [-0.1, -0.05) is 36.8 Å². The number of unbranched alkanes of at least 4 members (excludes halogenated alkanes) is 1. The molecule has 0 saturated heterocycles. The highest BCUT2D eigenvalue weighted by Crippen LogP contribution is 2.22. The van der Waals surface area contributed by atoms with Crippen molar-refractivity contribution in [2.75, 3.05) is 7.11 Å². The fraction of sp³-hybridized carbons (Fsp3) is 0.348. The fourth-order valence-corrected chi connectivity index (χ4v) is 3.29. The van der Waals surface area contributed by atoms with Gasteiger partial charge in [-0.3, -0.25) is 4.98 Å². The number of nitrogens with zero attached hydrogens (tertiary/aromatic N) is 1. The molecule has 3 rings (SSSR count). The summed E-state index contributed by atoms with van der Waals surface area (Å²) in [6.45, 7) is 0. The van der Waals surface area contributed by atoms with Crippen molar-refractivity contribution in [3.8, 4) is 5.75 Å². The Labute approximate surface area is 155 Å². The highest BCUT2D eigenvalue weighted by Gasteiger charge is 2.05. The molecule has 3 aromatic rings. The van der Waals surface area contributed by atoms with Crippen LogP contribution in [-0.2, 0) is 12.8 Å². The standard InChI is InChI=1S/C23H27NO2/c1-26-23-13-11-20-15-18(8-10-21(20)16-23)5-2-3-7-22(25)12-9-19-6-4-14-24-17-19/h4,6,8,10-11,13-17,22,25H,2-3,5,7,9,12H2,1H3. The molecule has 0 fully saturated rings. The van der Waals surface area contributed by atoms with Crippen LogP contribution in [0.4, 0.5) is 0 Å². The molecule has 1 N–H and O–H groups in total. The van der Waals surface area contributed by atoms with Crippen molar-refractivity contribution in [3.63, 3.8) is 0 Å². The third kappa shape index (κ3) is 5.30. The first-order valence-corrected chi connectivity index (χ1v) is 9.38. The molecule has 1 aromatic heterocycles. The van der Waals surface area contributed by atoms with Crippen LogP contribution in [0.2, 0.25) is 0 Å². The number of aromatic nitrogens is 1. The number of pyridine rings is 1. The van der Waals surface area contributed by atoms with Crippen LogP contribution in [0.3, 0.4) is 0 Å². The highest BCUT2D eigenvalue weighted by molar-refractivity contribution is 5.84. The van der Waals surface area contributed by atoms with E-state index in [2.05, 4.69) is 41.4 Å². The molecular formula is C23H27NO2. The molecule has 0 radical (unpaired) electrons. The molecular weight excluding hydrogens is 322 g/mol. The van der Waals surface area contributed by atoms with Crippen LogP contribution in [-0.4, -0.2) is 23.3 Å². The second-order valence-electron chi connectivity index (χ2n) is 6.85. The summed E-state index contributed by atoms with van der Waals surface area (Å²) >= 11 is 0. The van der Waals surface area contributed by atoms with Crippen LogP contribution in [0, 0.1) is 0 Å². The Morgan fingerprint density at radius 3 is 2.58 bits per heavy atom. The topological polar surface area (TPSA) is 42.4 Å². The van der Waals surface area contributed by atoms with E-state index in [1.165, 1.54) is 21.9 Å². The predicted octanol–water partition coefficient (Wildman–Crippen LogP) is 4.95. The minimum absolute atomic E-state index is 0.223. The maximum atomic E-state index is 10.2. The molecule has 26 heavy (non-hydrogen) atoms. The van der Waals surface area contributed by atoms with Crippen molar-refractivity contribution >= 4 is 10.8 Å². The second kappa shape index (κ2) is 9.35. The van der Waals surface area contributed by atoms with Gasteiger partial charge in [0.15, 0.2) is 0 Å². The van der Waals surface area contributed by atoms with E-state index in [0.29, 0.717) is 0 Å². The third-order valence-electron chi connectivity index (χ3n) is 4.85. The number of methoxy groups -OCH3 is 1. The lowest BCUT2D eigenvalue weighted by Gasteiger charge is -2.10. The minimum atomic E-state index is -0.223. The van der Waals surface area contributed by atoms with Crippen LogP contribution < -0.4 is 4.74 Å². The van der Waals surface area contributed by atoms with Crippen molar-refractivity contribution in [3.05, 3.63) is 72.1 Å². The zero-order chi connectivity index (χ0) is 18.2. The Morgan fingerprint density at radius 2 is 1.77 bits per heavy atom. The monoisotopic (exact) mass is 349 g/mol. The molecule has 0 aliphatic heterocycles. The van der Waals surface area contributed by atoms with Gasteiger partial charge in [0.25, 0.3) is 0 Å². The molecule has 3 nitrogen and oxygen atoms in total. The third-order valence-corrected chi connectivity index (χ3v) is 4.85. The molecule has 0 amide bonds. The zero-order valence-electron chi connectivity index (χ0n) is 15.4. The Balaban J connectivity index is 1.41. The molecule has 3 heteroatoms. The summed E-state index contributed by atoms with van der Waals surface area (Å²) in [4.78, 5) is 4.11. The van der Waals surface area contributed by atoms with Gasteiger partial charge in [-0.15, -0.1) is 0 Å². The van der Waals surface area contributed by atoms with E-state index in [1.54, 1.807) is 13.3 Å². The van der Waals surface area contributed by atoms with E-state index in [-0.39, 0.29) is 6.10 Å². The molecule has 0 saturated carbocycles. The lowest BCUT2D eigenvalue weighted by atomic mass is 10.00. The number of rotatable bonds is 9. The Morgan fingerprint density at radius 1 is 0.923 bits per heavy atom. The van der Waals surface area contributed by atoms with Gasteiger partial charge in [0.05, 0.1) is 13.2 Å². The van der Waals surface area contributed by atoms with Crippen LogP contribution in [0.1, 0.15) is 36.8 Å². The van der Waals surface area contributed by atoms with Gasteiger partial charge in [0.1, 0.15) is 5.75 Å². The van der Waals surface area contributed by atoms with Gasteiger partial charge in [-0.2, -0.15) is 0 Å². The largest absolute Gasteiger partial charge is 0.497 e. The molecule has 1 heterocycles. The highest BCUT2D eigenvalue weighted by atomic mass is 16.5. The van der Waals surface area contributed by atoms with E-state index < -0.39 is 0 Å². The summed E-state index contributed by atoms with van der Waals surface area (Å²) in [6, 6.07) is 16.8. The molecule has 0 spiro atoms. The fourth-order valence-electron chi connectivity index (χ4n) is 3.29. The molecule has 0 bridgehead atoms. The van der Waals surface area contributed by atoms with Crippen molar-refractivity contribution in [2.45, 2.75) is 44.6 Å². The van der Waals surface area contributed by atoms with Crippen LogP contribution in [0.15, 0.2) is 60.9 Å². The summed E-state index contributed by atoms with van der Waals surface area (Å²) < 4.78 is 5.28. The second-order valence-corrected chi connectivity index (χ2v) is 6.85. The van der Waals surface area contributed by atoms with Crippen LogP contribution in [0.25, 0.3) is 10.8 Å². The Bertz CT molecular complexity index is 817. The van der Waals surface area contributed by atoms with Gasteiger partial charge in [-0.25, -0.2) is 0 Å². The zero-order valence-corrected chi connectivity index (χ0v) is 15.4. The molecule has 0 aliphatic rings. The lowest BCUT2D eigenvalue weighted by molar-refractivity contribution is 0.151. The van der Waals surface area contributed by atoms with E-state index in [4.69, 9.17) is 4.74 Å². The average molecular weight is 349 g/mol. The number of benzene rings is 2.